The summed E-state index contributed by atoms with van der Waals surface area (Å²) in [5.41, 5.74) is 1.45. The summed E-state index contributed by atoms with van der Waals surface area (Å²) in [6.07, 6.45) is -0.243. The summed E-state index contributed by atoms with van der Waals surface area (Å²) in [5, 5.41) is 2.69. The first-order chi connectivity index (χ1) is 12.8. The summed E-state index contributed by atoms with van der Waals surface area (Å²) >= 11 is 0. The van der Waals surface area contributed by atoms with Gasteiger partial charge in [-0.25, -0.2) is 17.9 Å². The summed E-state index contributed by atoms with van der Waals surface area (Å²) in [6, 6.07) is 12.9. The number of sulfonamides is 1. The molecule has 0 saturated carbocycles. The minimum absolute atomic E-state index is 0.121. The third-order valence-corrected chi connectivity index (χ3v) is 4.98. The van der Waals surface area contributed by atoms with Crippen molar-refractivity contribution in [2.75, 3.05) is 19.5 Å². The van der Waals surface area contributed by atoms with Crippen molar-refractivity contribution in [1.29, 1.82) is 0 Å². The van der Waals surface area contributed by atoms with Gasteiger partial charge in [-0.15, -0.1) is 0 Å². The van der Waals surface area contributed by atoms with Crippen LogP contribution >= 0.6 is 0 Å². The molecule has 144 valence electrons. The highest BCUT2D eigenvalue weighted by molar-refractivity contribution is 7.90. The second-order valence-corrected chi connectivity index (χ2v) is 7.20. The largest absolute Gasteiger partial charge is 0.497 e. The van der Waals surface area contributed by atoms with E-state index in [-0.39, 0.29) is 17.2 Å². The molecule has 2 aromatic carbocycles. The highest BCUT2D eigenvalue weighted by Crippen LogP contribution is 2.16. The molecular formula is C18H20N2O6S. The Morgan fingerprint density at radius 3 is 2.15 bits per heavy atom. The maximum absolute atomic E-state index is 12.0. The first kappa shape index (κ1) is 20.2. The van der Waals surface area contributed by atoms with E-state index in [0.717, 1.165) is 18.4 Å². The molecule has 2 amide bonds. The van der Waals surface area contributed by atoms with Crippen molar-refractivity contribution >= 4 is 27.7 Å². The number of anilines is 1. The van der Waals surface area contributed by atoms with Gasteiger partial charge in [0, 0.05) is 12.1 Å². The Hall–Kier alpha value is -3.07. The van der Waals surface area contributed by atoms with Crippen molar-refractivity contribution in [1.82, 2.24) is 4.72 Å². The number of aryl methyl sites for hydroxylation is 1. The van der Waals surface area contributed by atoms with Gasteiger partial charge in [-0.1, -0.05) is 12.1 Å². The van der Waals surface area contributed by atoms with Gasteiger partial charge in [-0.3, -0.25) is 4.79 Å². The van der Waals surface area contributed by atoms with Gasteiger partial charge in [0.05, 0.1) is 19.1 Å². The lowest BCUT2D eigenvalue weighted by molar-refractivity contribution is -0.116. The van der Waals surface area contributed by atoms with E-state index in [1.165, 1.54) is 24.3 Å². The molecule has 2 N–H and O–H groups in total. The quantitative estimate of drug-likeness (QED) is 0.748. The van der Waals surface area contributed by atoms with E-state index in [0.29, 0.717) is 12.1 Å². The van der Waals surface area contributed by atoms with E-state index in [2.05, 4.69) is 10.1 Å². The predicted octanol–water partition coefficient (Wildman–Crippen LogP) is 2.31. The Kier molecular flexibility index (Phi) is 6.78. The topological polar surface area (TPSA) is 111 Å². The fourth-order valence-corrected chi connectivity index (χ4v) is 3.12. The van der Waals surface area contributed by atoms with Crippen molar-refractivity contribution in [3.63, 3.8) is 0 Å². The van der Waals surface area contributed by atoms with Crippen LogP contribution in [0.15, 0.2) is 53.4 Å². The van der Waals surface area contributed by atoms with Crippen LogP contribution in [-0.4, -0.2) is 34.6 Å². The third-order valence-electron chi connectivity index (χ3n) is 3.65. The molecule has 9 heteroatoms. The maximum Gasteiger partial charge on any atom is 0.420 e. The Labute approximate surface area is 157 Å². The molecule has 8 nitrogen and oxygen atoms in total. The lowest BCUT2D eigenvalue weighted by atomic mass is 10.1. The van der Waals surface area contributed by atoms with Crippen LogP contribution in [0.5, 0.6) is 5.75 Å². The average Bonchev–Trinajstić information content (AvgIpc) is 2.66. The van der Waals surface area contributed by atoms with Gasteiger partial charge < -0.3 is 14.8 Å². The van der Waals surface area contributed by atoms with E-state index in [1.807, 2.05) is 24.3 Å². The molecule has 2 aromatic rings. The van der Waals surface area contributed by atoms with Crippen LogP contribution in [0.4, 0.5) is 10.5 Å². The Bertz CT molecular complexity index is 892. The minimum Gasteiger partial charge on any atom is -0.497 e. The number of benzene rings is 2. The van der Waals surface area contributed by atoms with E-state index < -0.39 is 16.1 Å². The van der Waals surface area contributed by atoms with E-state index in [1.54, 1.807) is 11.8 Å². The number of amides is 2. The predicted molar refractivity (Wildman–Crippen MR) is 99.1 cm³/mol. The molecule has 0 aliphatic rings. The van der Waals surface area contributed by atoms with Crippen LogP contribution in [0.25, 0.3) is 0 Å². The first-order valence-corrected chi connectivity index (χ1v) is 9.46. The zero-order valence-corrected chi connectivity index (χ0v) is 15.7. The van der Waals surface area contributed by atoms with Gasteiger partial charge >= 0.3 is 6.09 Å². The number of rotatable bonds is 7. The van der Waals surface area contributed by atoms with Gasteiger partial charge in [-0.05, 0) is 48.4 Å². The zero-order valence-electron chi connectivity index (χ0n) is 14.9. The molecule has 0 heterocycles. The van der Waals surface area contributed by atoms with Gasteiger partial charge in [-0.2, -0.15) is 0 Å². The summed E-state index contributed by atoms with van der Waals surface area (Å²) in [6.45, 7) is 0. The van der Waals surface area contributed by atoms with Gasteiger partial charge in [0.2, 0.25) is 5.91 Å². The Balaban J connectivity index is 1.91. The first-order valence-electron chi connectivity index (χ1n) is 7.97. The Morgan fingerprint density at radius 1 is 0.963 bits per heavy atom. The normalized spacial score (nSPS) is 10.7. The number of carbonyl (C=O) groups is 2. The molecule has 0 unspecified atom stereocenters. The molecule has 0 bridgehead atoms. The second-order valence-electron chi connectivity index (χ2n) is 5.52. The Morgan fingerprint density at radius 2 is 1.59 bits per heavy atom. The molecular weight excluding hydrogens is 372 g/mol. The van der Waals surface area contributed by atoms with Crippen molar-refractivity contribution in [2.45, 2.75) is 17.7 Å². The van der Waals surface area contributed by atoms with Crippen LogP contribution in [0.1, 0.15) is 12.0 Å². The number of hydrogen-bond acceptors (Lipinski definition) is 6. The van der Waals surface area contributed by atoms with Crippen molar-refractivity contribution in [2.24, 2.45) is 0 Å². The lowest BCUT2D eigenvalue weighted by Crippen LogP contribution is -2.30. The van der Waals surface area contributed by atoms with Crippen LogP contribution < -0.4 is 14.8 Å². The number of ether oxygens (including phenoxy) is 2. The van der Waals surface area contributed by atoms with Crippen LogP contribution in [0, 0.1) is 0 Å². The average molecular weight is 392 g/mol. The van der Waals surface area contributed by atoms with E-state index in [9.17, 15) is 18.0 Å². The monoisotopic (exact) mass is 392 g/mol. The SMILES string of the molecule is COC(=O)NS(=O)(=O)c1ccc(NC(=O)CCc2ccc(OC)cc2)cc1. The molecule has 0 spiro atoms. The molecule has 0 fully saturated rings. The molecule has 0 aromatic heterocycles. The van der Waals surface area contributed by atoms with Crippen molar-refractivity contribution in [3.05, 3.63) is 54.1 Å². The van der Waals surface area contributed by atoms with Crippen molar-refractivity contribution < 1.29 is 27.5 Å². The fraction of sp³-hybridized carbons (Fsp3) is 0.222. The number of carbonyl (C=O) groups excluding carboxylic acids is 2. The molecule has 0 aliphatic heterocycles. The molecule has 0 aliphatic carbocycles. The zero-order chi connectivity index (χ0) is 19.9. The summed E-state index contributed by atoms with van der Waals surface area (Å²) in [4.78, 5) is 23.0. The second kappa shape index (κ2) is 9.04. The summed E-state index contributed by atoms with van der Waals surface area (Å²) < 4.78 is 35.0. The smallest absolute Gasteiger partial charge is 0.420 e. The third kappa shape index (κ3) is 6.00. The molecule has 0 radical (unpaired) electrons. The number of methoxy groups -OCH3 is 2. The van der Waals surface area contributed by atoms with Crippen LogP contribution in [-0.2, 0) is 26.0 Å². The van der Waals surface area contributed by atoms with Crippen LogP contribution in [0.2, 0.25) is 0 Å². The van der Waals surface area contributed by atoms with Gasteiger partial charge in [0.1, 0.15) is 5.75 Å². The highest BCUT2D eigenvalue weighted by atomic mass is 32.2. The standard InChI is InChI=1S/C18H20N2O6S/c1-25-15-8-3-13(4-9-15)5-12-17(21)19-14-6-10-16(11-7-14)27(23,24)20-18(22)26-2/h3-4,6-11H,5,12H2,1-2H3,(H,19,21)(H,20,22). The summed E-state index contributed by atoms with van der Waals surface area (Å²) in [5.74, 6) is 0.550. The van der Waals surface area contributed by atoms with Crippen molar-refractivity contribution in [3.8, 4) is 5.75 Å². The van der Waals surface area contributed by atoms with E-state index >= 15 is 0 Å². The van der Waals surface area contributed by atoms with Gasteiger partial charge in [0.25, 0.3) is 10.0 Å². The van der Waals surface area contributed by atoms with Gasteiger partial charge in [0.15, 0.2) is 0 Å². The summed E-state index contributed by atoms with van der Waals surface area (Å²) in [7, 11) is -1.36. The molecule has 0 atom stereocenters. The number of nitrogens with one attached hydrogen (secondary N) is 2. The number of hydrogen-bond donors (Lipinski definition) is 2. The molecule has 27 heavy (non-hydrogen) atoms. The lowest BCUT2D eigenvalue weighted by Gasteiger charge is -2.08. The molecule has 0 saturated heterocycles. The van der Waals surface area contributed by atoms with E-state index in [4.69, 9.17) is 4.74 Å². The fourth-order valence-electron chi connectivity index (χ4n) is 2.20. The highest BCUT2D eigenvalue weighted by Gasteiger charge is 2.17. The molecule has 2 rings (SSSR count). The maximum atomic E-state index is 12.0. The van der Waals surface area contributed by atoms with Crippen LogP contribution in [0.3, 0.4) is 0 Å². The minimum atomic E-state index is -4.02.